The second-order valence-electron chi connectivity index (χ2n) is 5.59. The molecule has 0 saturated carbocycles. The largest absolute Gasteiger partial charge is 0.459 e. The maximum Gasteiger partial charge on any atom is 0.134 e. The van der Waals surface area contributed by atoms with Crippen LogP contribution in [0.25, 0.3) is 11.0 Å². The fourth-order valence-electron chi connectivity index (χ4n) is 2.77. The number of aryl methyl sites for hydroxylation is 1. The minimum Gasteiger partial charge on any atom is -0.459 e. The van der Waals surface area contributed by atoms with Gasteiger partial charge < -0.3 is 9.73 Å². The van der Waals surface area contributed by atoms with Gasteiger partial charge in [-0.1, -0.05) is 36.4 Å². The van der Waals surface area contributed by atoms with Crippen LogP contribution in [0.5, 0.6) is 0 Å². The van der Waals surface area contributed by atoms with Gasteiger partial charge in [0.05, 0.1) is 6.04 Å². The number of benzene rings is 2. The van der Waals surface area contributed by atoms with Crippen LogP contribution in [0.15, 0.2) is 52.9 Å². The first-order valence-electron chi connectivity index (χ1n) is 7.42. The third-order valence-corrected chi connectivity index (χ3v) is 4.11. The minimum absolute atomic E-state index is 0.231. The van der Waals surface area contributed by atoms with Crippen LogP contribution in [-0.2, 0) is 6.42 Å². The monoisotopic (exact) mass is 279 g/mol. The highest BCUT2D eigenvalue weighted by Crippen LogP contribution is 2.30. The zero-order chi connectivity index (χ0) is 14.8. The molecule has 0 fully saturated rings. The molecular weight excluding hydrogens is 258 g/mol. The molecule has 1 heterocycles. The minimum atomic E-state index is 0.231. The number of rotatable bonds is 4. The Morgan fingerprint density at radius 3 is 2.52 bits per heavy atom. The number of furan rings is 1. The van der Waals surface area contributed by atoms with Crippen LogP contribution < -0.4 is 5.32 Å². The van der Waals surface area contributed by atoms with Gasteiger partial charge in [0, 0.05) is 5.39 Å². The normalized spacial score (nSPS) is 12.7. The van der Waals surface area contributed by atoms with Crippen LogP contribution in [0.2, 0.25) is 0 Å². The molecule has 0 spiro atoms. The number of nitrogens with one attached hydrogen (secondary N) is 1. The van der Waals surface area contributed by atoms with Gasteiger partial charge in [-0.15, -0.1) is 0 Å². The first-order valence-corrected chi connectivity index (χ1v) is 7.42. The van der Waals surface area contributed by atoms with Gasteiger partial charge in [0.2, 0.25) is 0 Å². The first-order chi connectivity index (χ1) is 10.2. The topological polar surface area (TPSA) is 25.2 Å². The zero-order valence-corrected chi connectivity index (χ0v) is 12.8. The molecule has 2 heteroatoms. The number of hydrogen-bond acceptors (Lipinski definition) is 2. The summed E-state index contributed by atoms with van der Waals surface area (Å²) in [5.74, 6) is 1.03. The van der Waals surface area contributed by atoms with Crippen molar-refractivity contribution in [2.75, 3.05) is 7.05 Å². The predicted octanol–water partition coefficient (Wildman–Crippen LogP) is 4.61. The van der Waals surface area contributed by atoms with Gasteiger partial charge in [-0.25, -0.2) is 0 Å². The van der Waals surface area contributed by atoms with E-state index in [4.69, 9.17) is 4.42 Å². The summed E-state index contributed by atoms with van der Waals surface area (Å²) >= 11 is 0. The molecule has 1 aromatic heterocycles. The van der Waals surface area contributed by atoms with Crippen molar-refractivity contribution in [3.63, 3.8) is 0 Å². The van der Waals surface area contributed by atoms with E-state index in [2.05, 4.69) is 67.7 Å². The highest BCUT2D eigenvalue weighted by atomic mass is 16.3. The Balaban J connectivity index is 1.98. The van der Waals surface area contributed by atoms with Crippen molar-refractivity contribution in [1.29, 1.82) is 0 Å². The third-order valence-electron chi connectivity index (χ3n) is 4.11. The smallest absolute Gasteiger partial charge is 0.134 e. The molecule has 0 radical (unpaired) electrons. The van der Waals surface area contributed by atoms with E-state index in [1.807, 2.05) is 7.05 Å². The Morgan fingerprint density at radius 1 is 1.05 bits per heavy atom. The molecule has 0 amide bonds. The van der Waals surface area contributed by atoms with Crippen molar-refractivity contribution >= 4 is 11.0 Å². The van der Waals surface area contributed by atoms with E-state index in [0.29, 0.717) is 0 Å². The van der Waals surface area contributed by atoms with Gasteiger partial charge in [-0.05, 0) is 56.1 Å². The van der Waals surface area contributed by atoms with Gasteiger partial charge >= 0.3 is 0 Å². The lowest BCUT2D eigenvalue weighted by Gasteiger charge is -2.06. The average Bonchev–Trinajstić information content (AvgIpc) is 2.84. The van der Waals surface area contributed by atoms with Crippen molar-refractivity contribution in [3.05, 3.63) is 71.0 Å². The Morgan fingerprint density at radius 2 is 1.81 bits per heavy atom. The maximum absolute atomic E-state index is 5.99. The molecule has 1 atom stereocenters. The SMILES string of the molecule is CNC(C)c1oc2ccc(Cc3ccccc3)cc2c1C. The molecule has 2 nitrogen and oxygen atoms in total. The van der Waals surface area contributed by atoms with Gasteiger partial charge in [-0.2, -0.15) is 0 Å². The van der Waals surface area contributed by atoms with Crippen LogP contribution in [0.1, 0.15) is 35.4 Å². The Labute approximate surface area is 125 Å². The fraction of sp³-hybridized carbons (Fsp3) is 0.263. The van der Waals surface area contributed by atoms with E-state index in [9.17, 15) is 0 Å². The first kappa shape index (κ1) is 13.9. The molecule has 1 unspecified atom stereocenters. The molecule has 0 bridgehead atoms. The molecule has 1 N–H and O–H groups in total. The molecular formula is C19H21NO. The lowest BCUT2D eigenvalue weighted by atomic mass is 10.0. The highest BCUT2D eigenvalue weighted by molar-refractivity contribution is 5.83. The molecule has 0 saturated heterocycles. The highest BCUT2D eigenvalue weighted by Gasteiger charge is 2.15. The summed E-state index contributed by atoms with van der Waals surface area (Å²) in [6, 6.07) is 17.3. The second kappa shape index (κ2) is 5.74. The number of fused-ring (bicyclic) bond motifs is 1. The van der Waals surface area contributed by atoms with Gasteiger partial charge in [0.25, 0.3) is 0 Å². The number of hydrogen-bond donors (Lipinski definition) is 1. The van der Waals surface area contributed by atoms with Crippen LogP contribution in [0.3, 0.4) is 0 Å². The predicted molar refractivity (Wildman–Crippen MR) is 87.7 cm³/mol. The van der Waals surface area contributed by atoms with Crippen molar-refractivity contribution in [2.24, 2.45) is 0 Å². The molecule has 108 valence electrons. The zero-order valence-electron chi connectivity index (χ0n) is 12.8. The molecule has 2 aromatic carbocycles. The van der Waals surface area contributed by atoms with Gasteiger partial charge in [-0.3, -0.25) is 0 Å². The van der Waals surface area contributed by atoms with Gasteiger partial charge in [0.1, 0.15) is 11.3 Å². The van der Waals surface area contributed by atoms with E-state index < -0.39 is 0 Å². The lowest BCUT2D eigenvalue weighted by molar-refractivity contribution is 0.471. The summed E-state index contributed by atoms with van der Waals surface area (Å²) in [5, 5.41) is 4.47. The van der Waals surface area contributed by atoms with E-state index in [-0.39, 0.29) is 6.04 Å². The summed E-state index contributed by atoms with van der Waals surface area (Å²) < 4.78 is 5.99. The van der Waals surface area contributed by atoms with E-state index in [1.165, 1.54) is 22.1 Å². The molecule has 21 heavy (non-hydrogen) atoms. The van der Waals surface area contributed by atoms with E-state index in [1.54, 1.807) is 0 Å². The van der Waals surface area contributed by atoms with Gasteiger partial charge in [0.15, 0.2) is 0 Å². The van der Waals surface area contributed by atoms with Crippen LogP contribution in [0.4, 0.5) is 0 Å². The van der Waals surface area contributed by atoms with E-state index >= 15 is 0 Å². The third kappa shape index (κ3) is 2.72. The summed E-state index contributed by atoms with van der Waals surface area (Å²) in [6.07, 6.45) is 0.957. The van der Waals surface area contributed by atoms with Crippen molar-refractivity contribution in [2.45, 2.75) is 26.3 Å². The Hall–Kier alpha value is -2.06. The molecule has 3 rings (SSSR count). The van der Waals surface area contributed by atoms with Crippen LogP contribution >= 0.6 is 0 Å². The van der Waals surface area contributed by atoms with Crippen LogP contribution in [-0.4, -0.2) is 7.05 Å². The quantitative estimate of drug-likeness (QED) is 0.754. The standard InChI is InChI=1S/C19H21NO/c1-13-17-12-16(11-15-7-5-4-6-8-15)9-10-18(17)21-19(13)14(2)20-3/h4-10,12,14,20H,11H2,1-3H3. The summed E-state index contributed by atoms with van der Waals surface area (Å²) in [4.78, 5) is 0. The summed E-state index contributed by atoms with van der Waals surface area (Å²) in [7, 11) is 1.96. The maximum atomic E-state index is 5.99. The van der Waals surface area contributed by atoms with Crippen molar-refractivity contribution < 1.29 is 4.42 Å². The Kier molecular flexibility index (Phi) is 3.80. The fourth-order valence-corrected chi connectivity index (χ4v) is 2.77. The molecule has 3 aromatic rings. The lowest BCUT2D eigenvalue weighted by Crippen LogP contribution is -2.12. The Bertz CT molecular complexity index is 743. The van der Waals surface area contributed by atoms with Crippen molar-refractivity contribution in [1.82, 2.24) is 5.32 Å². The van der Waals surface area contributed by atoms with E-state index in [0.717, 1.165) is 17.8 Å². The molecule has 0 aliphatic carbocycles. The second-order valence-corrected chi connectivity index (χ2v) is 5.59. The summed E-state index contributed by atoms with van der Waals surface area (Å²) in [6.45, 7) is 4.26. The summed E-state index contributed by atoms with van der Waals surface area (Å²) in [5.41, 5.74) is 4.87. The van der Waals surface area contributed by atoms with Crippen molar-refractivity contribution in [3.8, 4) is 0 Å². The molecule has 0 aliphatic heterocycles. The molecule has 0 aliphatic rings. The average molecular weight is 279 g/mol. The van der Waals surface area contributed by atoms with Crippen LogP contribution in [0, 0.1) is 6.92 Å².